The van der Waals surface area contributed by atoms with Crippen LogP contribution in [0, 0.1) is 0 Å². The van der Waals surface area contributed by atoms with Gasteiger partial charge < -0.3 is 4.42 Å². The molecule has 1 fully saturated rings. The molecular weight excluding hydrogens is 396 g/mol. The second-order valence-corrected chi connectivity index (χ2v) is 8.04. The van der Waals surface area contributed by atoms with Gasteiger partial charge in [-0.25, -0.2) is 18.1 Å². The Morgan fingerprint density at radius 2 is 1.69 bits per heavy atom. The Kier molecular flexibility index (Phi) is 4.95. The van der Waals surface area contributed by atoms with Crippen LogP contribution in [0.15, 0.2) is 64.4 Å². The summed E-state index contributed by atoms with van der Waals surface area (Å²) in [5.74, 6) is -0.106. The van der Waals surface area contributed by atoms with Crippen molar-refractivity contribution in [1.29, 1.82) is 0 Å². The summed E-state index contributed by atoms with van der Waals surface area (Å²) in [6.07, 6.45) is 4.78. The van der Waals surface area contributed by atoms with Gasteiger partial charge in [-0.15, -0.1) is 0 Å². The number of benzene rings is 1. The fourth-order valence-electron chi connectivity index (χ4n) is 3.00. The third-order valence-electron chi connectivity index (χ3n) is 4.41. The van der Waals surface area contributed by atoms with Crippen LogP contribution in [0.4, 0.5) is 5.69 Å². The molecule has 2 amide bonds. The fraction of sp³-hybridized carbons (Fsp3) is 0.158. The monoisotopic (exact) mass is 412 g/mol. The van der Waals surface area contributed by atoms with Crippen LogP contribution in [-0.2, 0) is 26.2 Å². The number of anilines is 1. The third kappa shape index (κ3) is 3.80. The van der Waals surface area contributed by atoms with Gasteiger partial charge in [0.25, 0.3) is 0 Å². The minimum absolute atomic E-state index is 0.00350. The highest BCUT2D eigenvalue weighted by atomic mass is 32.2. The van der Waals surface area contributed by atoms with E-state index in [2.05, 4.69) is 14.7 Å². The Morgan fingerprint density at radius 3 is 2.34 bits per heavy atom. The van der Waals surface area contributed by atoms with Crippen molar-refractivity contribution in [1.82, 2.24) is 14.7 Å². The maximum atomic E-state index is 12.6. The molecule has 0 radical (unpaired) electrons. The molecule has 4 rings (SSSR count). The molecule has 0 aliphatic carbocycles. The number of nitrogens with one attached hydrogen (secondary N) is 1. The van der Waals surface area contributed by atoms with Gasteiger partial charge in [-0.3, -0.25) is 19.5 Å². The Labute approximate surface area is 166 Å². The Morgan fingerprint density at radius 1 is 1.00 bits per heavy atom. The van der Waals surface area contributed by atoms with Crippen LogP contribution in [0.2, 0.25) is 0 Å². The van der Waals surface area contributed by atoms with Crippen LogP contribution in [0.25, 0.3) is 11.5 Å². The zero-order valence-corrected chi connectivity index (χ0v) is 15.9. The smallest absolute Gasteiger partial charge is 0.240 e. The minimum Gasteiger partial charge on any atom is -0.463 e. The van der Waals surface area contributed by atoms with Crippen LogP contribution in [0.1, 0.15) is 18.5 Å². The van der Waals surface area contributed by atoms with E-state index in [1.54, 1.807) is 12.1 Å². The van der Waals surface area contributed by atoms with Gasteiger partial charge in [-0.2, -0.15) is 0 Å². The molecule has 0 spiro atoms. The van der Waals surface area contributed by atoms with Crippen LogP contribution < -0.4 is 9.62 Å². The average molecular weight is 412 g/mol. The van der Waals surface area contributed by atoms with Crippen molar-refractivity contribution in [2.24, 2.45) is 0 Å². The number of nitrogens with zero attached hydrogens (tertiary/aromatic N) is 3. The summed E-state index contributed by atoms with van der Waals surface area (Å²) in [6, 6.07) is 8.98. The van der Waals surface area contributed by atoms with E-state index in [0.29, 0.717) is 22.8 Å². The largest absolute Gasteiger partial charge is 0.463 e. The Hall–Kier alpha value is -3.37. The van der Waals surface area contributed by atoms with Gasteiger partial charge in [0, 0.05) is 25.2 Å². The molecular formula is C19H16N4O5S. The lowest BCUT2D eigenvalue weighted by Crippen LogP contribution is -2.28. The average Bonchev–Trinajstić information content (AvgIpc) is 3.37. The highest BCUT2D eigenvalue weighted by Crippen LogP contribution is 2.24. The number of furan rings is 1. The van der Waals surface area contributed by atoms with E-state index in [0.717, 1.165) is 4.90 Å². The molecule has 148 valence electrons. The molecule has 1 N–H and O–H groups in total. The minimum atomic E-state index is -3.85. The normalized spacial score (nSPS) is 14.6. The van der Waals surface area contributed by atoms with Crippen molar-refractivity contribution >= 4 is 27.5 Å². The first-order chi connectivity index (χ1) is 14.0. The lowest BCUT2D eigenvalue weighted by atomic mass is 10.2. The topological polar surface area (TPSA) is 122 Å². The zero-order chi connectivity index (χ0) is 20.4. The highest BCUT2D eigenvalue weighted by Gasteiger charge is 2.30. The fourth-order valence-corrected chi connectivity index (χ4v) is 3.99. The maximum Gasteiger partial charge on any atom is 0.240 e. The summed E-state index contributed by atoms with van der Waals surface area (Å²) < 4.78 is 33.1. The lowest BCUT2D eigenvalue weighted by molar-refractivity contribution is -0.121. The summed E-state index contributed by atoms with van der Waals surface area (Å²) in [5, 5.41) is 0. The molecule has 1 aliphatic rings. The number of aromatic nitrogens is 2. The number of rotatable bonds is 6. The number of hydrogen-bond donors (Lipinski definition) is 1. The summed E-state index contributed by atoms with van der Waals surface area (Å²) in [4.78, 5) is 33.1. The van der Waals surface area contributed by atoms with E-state index < -0.39 is 10.0 Å². The van der Waals surface area contributed by atoms with E-state index in [4.69, 9.17) is 4.42 Å². The summed E-state index contributed by atoms with van der Waals surface area (Å²) in [7, 11) is -3.85. The third-order valence-corrected chi connectivity index (χ3v) is 5.83. The van der Waals surface area contributed by atoms with Gasteiger partial charge in [0.05, 0.1) is 29.1 Å². The van der Waals surface area contributed by atoms with Gasteiger partial charge in [0.15, 0.2) is 5.76 Å². The summed E-state index contributed by atoms with van der Waals surface area (Å²) >= 11 is 0. The van der Waals surface area contributed by atoms with Gasteiger partial charge in [0.1, 0.15) is 5.69 Å². The van der Waals surface area contributed by atoms with Gasteiger partial charge in [-0.05, 0) is 36.4 Å². The first kappa shape index (κ1) is 19.0. The van der Waals surface area contributed by atoms with Crippen LogP contribution >= 0.6 is 0 Å². The van der Waals surface area contributed by atoms with Gasteiger partial charge in [-0.1, -0.05) is 0 Å². The van der Waals surface area contributed by atoms with Crippen molar-refractivity contribution in [3.8, 4) is 11.5 Å². The van der Waals surface area contributed by atoms with Crippen molar-refractivity contribution < 1.29 is 22.4 Å². The van der Waals surface area contributed by atoms with E-state index in [-0.39, 0.29) is 36.1 Å². The van der Waals surface area contributed by atoms with Gasteiger partial charge >= 0.3 is 0 Å². The second-order valence-electron chi connectivity index (χ2n) is 6.27. The molecule has 3 heterocycles. The summed E-state index contributed by atoms with van der Waals surface area (Å²) in [5.41, 5.74) is 1.21. The molecule has 0 atom stereocenters. The van der Waals surface area contributed by atoms with E-state index in [9.17, 15) is 18.0 Å². The quantitative estimate of drug-likeness (QED) is 0.613. The molecule has 2 aromatic heterocycles. The molecule has 3 aromatic rings. The number of sulfonamides is 1. The molecule has 0 bridgehead atoms. The van der Waals surface area contributed by atoms with Crippen molar-refractivity contribution in [3.05, 3.63) is 60.7 Å². The molecule has 0 saturated carbocycles. The van der Waals surface area contributed by atoms with Gasteiger partial charge in [0.2, 0.25) is 21.8 Å². The molecule has 1 aromatic carbocycles. The molecule has 9 nitrogen and oxygen atoms in total. The Balaban J connectivity index is 1.52. The second kappa shape index (κ2) is 7.57. The first-order valence-corrected chi connectivity index (χ1v) is 10.2. The van der Waals surface area contributed by atoms with E-state index >= 15 is 0 Å². The predicted molar refractivity (Wildman–Crippen MR) is 102 cm³/mol. The standard InChI is InChI=1S/C19H16N4O5S/c24-17-7-8-18(25)23(17)13-3-5-14(6-4-13)29(26,27)22-12-15-19(21-10-9-20-15)16-2-1-11-28-16/h1-6,9-11,22H,7-8,12H2. The maximum absolute atomic E-state index is 12.6. The molecule has 0 unspecified atom stereocenters. The molecule has 29 heavy (non-hydrogen) atoms. The number of amides is 2. The highest BCUT2D eigenvalue weighted by molar-refractivity contribution is 7.89. The SMILES string of the molecule is O=C1CCC(=O)N1c1ccc(S(=O)(=O)NCc2nccnc2-c2ccco2)cc1. The van der Waals surface area contributed by atoms with Crippen molar-refractivity contribution in [3.63, 3.8) is 0 Å². The van der Waals surface area contributed by atoms with E-state index in [1.807, 2.05) is 0 Å². The van der Waals surface area contributed by atoms with Crippen LogP contribution in [0.5, 0.6) is 0 Å². The number of carbonyl (C=O) groups excluding carboxylic acids is 2. The number of hydrogen-bond acceptors (Lipinski definition) is 7. The van der Waals surface area contributed by atoms with Crippen molar-refractivity contribution in [2.75, 3.05) is 4.90 Å². The molecule has 1 saturated heterocycles. The number of imide groups is 1. The zero-order valence-electron chi connectivity index (χ0n) is 15.1. The predicted octanol–water partition coefficient (Wildman–Crippen LogP) is 1.87. The number of carbonyl (C=O) groups is 2. The lowest BCUT2D eigenvalue weighted by Gasteiger charge is -2.14. The van der Waals surface area contributed by atoms with Crippen LogP contribution in [-0.4, -0.2) is 30.2 Å². The summed E-state index contributed by atoms with van der Waals surface area (Å²) in [6.45, 7) is -0.0863. The molecule has 1 aliphatic heterocycles. The van der Waals surface area contributed by atoms with Crippen molar-refractivity contribution in [2.45, 2.75) is 24.3 Å². The Bertz CT molecular complexity index is 1140. The first-order valence-electron chi connectivity index (χ1n) is 8.75. The van der Waals surface area contributed by atoms with E-state index in [1.165, 1.54) is 42.9 Å². The molecule has 10 heteroatoms. The van der Waals surface area contributed by atoms with Crippen LogP contribution in [0.3, 0.4) is 0 Å².